The molecule has 102 valence electrons. The summed E-state index contributed by atoms with van der Waals surface area (Å²) in [6, 6.07) is 0.270. The first kappa shape index (κ1) is 16.4. The summed E-state index contributed by atoms with van der Waals surface area (Å²) in [6.07, 6.45) is 2.68. The first-order valence-electron chi connectivity index (χ1n) is 6.78. The number of hydrogen-bond acceptors (Lipinski definition) is 3. The summed E-state index contributed by atoms with van der Waals surface area (Å²) in [5, 5.41) is 6.22. The second-order valence-corrected chi connectivity index (χ2v) is 4.29. The van der Waals surface area contributed by atoms with Gasteiger partial charge in [0.2, 0.25) is 5.91 Å². The van der Waals surface area contributed by atoms with E-state index >= 15 is 0 Å². The number of rotatable bonds is 10. The van der Waals surface area contributed by atoms with E-state index < -0.39 is 0 Å². The van der Waals surface area contributed by atoms with E-state index in [0.717, 1.165) is 32.4 Å². The summed E-state index contributed by atoms with van der Waals surface area (Å²) in [5.74, 6) is -0.00538. The molecule has 2 N–H and O–H groups in total. The SMILES string of the molecule is CCCNCCOC(C)C(=O)NC(CC)CC. The van der Waals surface area contributed by atoms with Crippen LogP contribution < -0.4 is 10.6 Å². The summed E-state index contributed by atoms with van der Waals surface area (Å²) in [5.41, 5.74) is 0. The van der Waals surface area contributed by atoms with E-state index in [1.54, 1.807) is 6.92 Å². The minimum absolute atomic E-state index is 0.00538. The van der Waals surface area contributed by atoms with Crippen LogP contribution >= 0.6 is 0 Å². The maximum atomic E-state index is 11.7. The Labute approximate surface area is 105 Å². The fourth-order valence-corrected chi connectivity index (χ4v) is 1.50. The Morgan fingerprint density at radius 2 is 1.82 bits per heavy atom. The standard InChI is InChI=1S/C13H28N2O2/c1-5-8-14-9-10-17-11(4)13(16)15-12(6-2)7-3/h11-12,14H,5-10H2,1-4H3,(H,15,16). The molecule has 0 bridgehead atoms. The summed E-state index contributed by atoms with van der Waals surface area (Å²) < 4.78 is 5.47. The fourth-order valence-electron chi connectivity index (χ4n) is 1.50. The number of nitrogens with one attached hydrogen (secondary N) is 2. The Morgan fingerprint density at radius 1 is 1.18 bits per heavy atom. The van der Waals surface area contributed by atoms with Crippen LogP contribution in [0, 0.1) is 0 Å². The summed E-state index contributed by atoms with van der Waals surface area (Å²) in [4.78, 5) is 11.7. The molecule has 1 amide bonds. The van der Waals surface area contributed by atoms with Crippen molar-refractivity contribution in [2.45, 2.75) is 59.1 Å². The zero-order valence-electron chi connectivity index (χ0n) is 11.7. The van der Waals surface area contributed by atoms with Crippen molar-refractivity contribution in [2.75, 3.05) is 19.7 Å². The van der Waals surface area contributed by atoms with E-state index in [2.05, 4.69) is 31.4 Å². The topological polar surface area (TPSA) is 50.4 Å². The molecule has 0 aromatic heterocycles. The van der Waals surface area contributed by atoms with Crippen LogP contribution in [0.5, 0.6) is 0 Å². The molecule has 0 saturated heterocycles. The van der Waals surface area contributed by atoms with Crippen LogP contribution in [0.25, 0.3) is 0 Å². The third-order valence-corrected chi connectivity index (χ3v) is 2.77. The molecule has 0 aliphatic carbocycles. The van der Waals surface area contributed by atoms with Gasteiger partial charge in [-0.25, -0.2) is 0 Å². The summed E-state index contributed by atoms with van der Waals surface area (Å²) >= 11 is 0. The maximum absolute atomic E-state index is 11.7. The van der Waals surface area contributed by atoms with Crippen molar-refractivity contribution in [2.24, 2.45) is 0 Å². The van der Waals surface area contributed by atoms with Crippen LogP contribution in [0.4, 0.5) is 0 Å². The Hall–Kier alpha value is -0.610. The molecule has 4 heteroatoms. The lowest BCUT2D eigenvalue weighted by Gasteiger charge is -2.18. The van der Waals surface area contributed by atoms with E-state index in [1.807, 2.05) is 0 Å². The smallest absolute Gasteiger partial charge is 0.249 e. The van der Waals surface area contributed by atoms with Gasteiger partial charge < -0.3 is 15.4 Å². The zero-order chi connectivity index (χ0) is 13.1. The number of hydrogen-bond donors (Lipinski definition) is 2. The monoisotopic (exact) mass is 244 g/mol. The van der Waals surface area contributed by atoms with Crippen molar-refractivity contribution < 1.29 is 9.53 Å². The van der Waals surface area contributed by atoms with Gasteiger partial charge >= 0.3 is 0 Å². The maximum Gasteiger partial charge on any atom is 0.249 e. The van der Waals surface area contributed by atoms with Gasteiger partial charge in [-0.15, -0.1) is 0 Å². The second-order valence-electron chi connectivity index (χ2n) is 4.29. The lowest BCUT2D eigenvalue weighted by molar-refractivity contribution is -0.132. The molecule has 17 heavy (non-hydrogen) atoms. The average molecular weight is 244 g/mol. The van der Waals surface area contributed by atoms with Crippen molar-refractivity contribution >= 4 is 5.91 Å². The molecule has 0 aliphatic heterocycles. The molecular formula is C13H28N2O2. The van der Waals surface area contributed by atoms with Crippen molar-refractivity contribution in [3.8, 4) is 0 Å². The summed E-state index contributed by atoms with van der Waals surface area (Å²) in [7, 11) is 0. The van der Waals surface area contributed by atoms with Crippen molar-refractivity contribution in [1.82, 2.24) is 10.6 Å². The van der Waals surface area contributed by atoms with E-state index in [-0.39, 0.29) is 18.1 Å². The molecule has 4 nitrogen and oxygen atoms in total. The second kappa shape index (κ2) is 10.5. The molecule has 0 fully saturated rings. The molecule has 1 atom stereocenters. The minimum Gasteiger partial charge on any atom is -0.367 e. The number of amides is 1. The van der Waals surface area contributed by atoms with Crippen LogP contribution in [0.3, 0.4) is 0 Å². The third-order valence-electron chi connectivity index (χ3n) is 2.77. The predicted octanol–water partition coefficient (Wildman–Crippen LogP) is 1.70. The number of carbonyl (C=O) groups excluding carboxylic acids is 1. The van der Waals surface area contributed by atoms with Crippen LogP contribution in [0.15, 0.2) is 0 Å². The van der Waals surface area contributed by atoms with Gasteiger partial charge in [0.05, 0.1) is 6.61 Å². The third kappa shape index (κ3) is 8.16. The van der Waals surface area contributed by atoms with Gasteiger partial charge in [-0.3, -0.25) is 4.79 Å². The first-order valence-corrected chi connectivity index (χ1v) is 6.78. The zero-order valence-corrected chi connectivity index (χ0v) is 11.7. The van der Waals surface area contributed by atoms with Crippen molar-refractivity contribution in [3.05, 3.63) is 0 Å². The number of carbonyl (C=O) groups is 1. The van der Waals surface area contributed by atoms with Gasteiger partial charge in [0.1, 0.15) is 6.10 Å². The lowest BCUT2D eigenvalue weighted by Crippen LogP contribution is -2.41. The molecule has 0 heterocycles. The van der Waals surface area contributed by atoms with E-state index in [4.69, 9.17) is 4.74 Å². The van der Waals surface area contributed by atoms with E-state index in [1.165, 1.54) is 0 Å². The van der Waals surface area contributed by atoms with Crippen LogP contribution in [-0.2, 0) is 9.53 Å². The van der Waals surface area contributed by atoms with Gasteiger partial charge in [0, 0.05) is 12.6 Å². The highest BCUT2D eigenvalue weighted by Gasteiger charge is 2.15. The highest BCUT2D eigenvalue weighted by Crippen LogP contribution is 1.98. The Balaban J connectivity index is 3.66. The van der Waals surface area contributed by atoms with Gasteiger partial charge in [-0.2, -0.15) is 0 Å². The molecule has 1 unspecified atom stereocenters. The molecule has 0 radical (unpaired) electrons. The molecular weight excluding hydrogens is 216 g/mol. The number of ether oxygens (including phenoxy) is 1. The molecule has 0 rings (SSSR count). The Kier molecular flexibility index (Phi) is 10.2. The largest absolute Gasteiger partial charge is 0.367 e. The highest BCUT2D eigenvalue weighted by molar-refractivity contribution is 5.80. The van der Waals surface area contributed by atoms with Gasteiger partial charge in [-0.1, -0.05) is 20.8 Å². The van der Waals surface area contributed by atoms with Gasteiger partial charge in [-0.05, 0) is 32.7 Å². The van der Waals surface area contributed by atoms with Gasteiger partial charge in [0.25, 0.3) is 0 Å². The highest BCUT2D eigenvalue weighted by atomic mass is 16.5. The molecule has 0 spiro atoms. The Bertz CT molecular complexity index is 194. The van der Waals surface area contributed by atoms with Crippen molar-refractivity contribution in [3.63, 3.8) is 0 Å². The van der Waals surface area contributed by atoms with Crippen LogP contribution in [-0.4, -0.2) is 37.7 Å². The van der Waals surface area contributed by atoms with Crippen LogP contribution in [0.2, 0.25) is 0 Å². The first-order chi connectivity index (χ1) is 8.15. The normalized spacial score (nSPS) is 12.8. The average Bonchev–Trinajstić information content (AvgIpc) is 2.35. The Morgan fingerprint density at radius 3 is 2.35 bits per heavy atom. The van der Waals surface area contributed by atoms with E-state index in [9.17, 15) is 4.79 Å². The molecule has 0 aromatic carbocycles. The molecule has 0 aliphatic rings. The predicted molar refractivity (Wildman–Crippen MR) is 71.1 cm³/mol. The fraction of sp³-hybridized carbons (Fsp3) is 0.923. The molecule has 0 saturated carbocycles. The quantitative estimate of drug-likeness (QED) is 0.575. The lowest BCUT2D eigenvalue weighted by atomic mass is 10.1. The van der Waals surface area contributed by atoms with Crippen molar-refractivity contribution in [1.29, 1.82) is 0 Å². The van der Waals surface area contributed by atoms with E-state index in [0.29, 0.717) is 6.61 Å². The van der Waals surface area contributed by atoms with Crippen LogP contribution in [0.1, 0.15) is 47.0 Å². The minimum atomic E-state index is -0.362. The summed E-state index contributed by atoms with van der Waals surface area (Å²) in [6.45, 7) is 10.5. The molecule has 0 aromatic rings. The van der Waals surface area contributed by atoms with Gasteiger partial charge in [0.15, 0.2) is 0 Å².